The van der Waals surface area contributed by atoms with Crippen LogP contribution in [0.25, 0.3) is 0 Å². The van der Waals surface area contributed by atoms with E-state index in [0.29, 0.717) is 17.0 Å². The van der Waals surface area contributed by atoms with Crippen LogP contribution in [0.3, 0.4) is 0 Å². The molecule has 120 valence electrons. The number of piperazine rings is 2. The van der Waals surface area contributed by atoms with E-state index in [-0.39, 0.29) is 0 Å². The third-order valence-corrected chi connectivity index (χ3v) is 4.15. The zero-order valence-corrected chi connectivity index (χ0v) is 14.5. The Balaban J connectivity index is 0.000000200. The van der Waals surface area contributed by atoms with Crippen LogP contribution in [0.1, 0.15) is 41.5 Å². The summed E-state index contributed by atoms with van der Waals surface area (Å²) in [5.41, 5.74) is 0.759. The molecule has 0 bridgehead atoms. The van der Waals surface area contributed by atoms with Gasteiger partial charge >= 0.3 is 0 Å². The highest BCUT2D eigenvalue weighted by atomic mass is 15.2. The second-order valence-electron chi connectivity index (χ2n) is 7.98. The first-order valence-corrected chi connectivity index (χ1v) is 8.11. The maximum absolute atomic E-state index is 3.50. The lowest BCUT2D eigenvalue weighted by molar-refractivity contribution is 0.119. The van der Waals surface area contributed by atoms with E-state index in [1.165, 1.54) is 13.1 Å². The quantitative estimate of drug-likeness (QED) is 0.627. The summed E-state index contributed by atoms with van der Waals surface area (Å²) in [6, 6.07) is 0.640. The van der Waals surface area contributed by atoms with Crippen LogP contribution < -0.4 is 16.0 Å². The van der Waals surface area contributed by atoms with Crippen molar-refractivity contribution in [3.8, 4) is 0 Å². The lowest BCUT2D eigenvalue weighted by atomic mass is 9.86. The highest BCUT2D eigenvalue weighted by molar-refractivity contribution is 4.85. The van der Waals surface area contributed by atoms with Gasteiger partial charge in [-0.15, -0.1) is 0 Å². The molecule has 0 aliphatic carbocycles. The smallest absolute Gasteiger partial charge is 0.0241 e. The monoisotopic (exact) mass is 284 g/mol. The molecule has 4 nitrogen and oxygen atoms in total. The van der Waals surface area contributed by atoms with Crippen LogP contribution in [0.5, 0.6) is 0 Å². The number of nitrogens with zero attached hydrogens (tertiary/aromatic N) is 1. The highest BCUT2D eigenvalue weighted by Gasteiger charge is 2.25. The molecular formula is C16H36N4. The largest absolute Gasteiger partial charge is 0.314 e. The van der Waals surface area contributed by atoms with Crippen molar-refractivity contribution in [2.75, 3.05) is 45.8 Å². The molecule has 20 heavy (non-hydrogen) atoms. The van der Waals surface area contributed by atoms with Crippen molar-refractivity contribution in [1.29, 1.82) is 0 Å². The minimum Gasteiger partial charge on any atom is -0.314 e. The molecule has 0 amide bonds. The van der Waals surface area contributed by atoms with Gasteiger partial charge in [0.25, 0.3) is 0 Å². The standard InChI is InChI=1S/2C8H18N2/c1-8(2,3)10-6-4-9-5-7-10;1-8(2,3)7-6-9-4-5-10-7/h9H,4-7H2,1-3H3;7,9-10H,4-6H2,1-3H3. The molecule has 2 saturated heterocycles. The summed E-state index contributed by atoms with van der Waals surface area (Å²) in [4.78, 5) is 2.52. The molecule has 0 aromatic rings. The van der Waals surface area contributed by atoms with Gasteiger partial charge in [-0.3, -0.25) is 4.90 Å². The number of rotatable bonds is 0. The van der Waals surface area contributed by atoms with Crippen LogP contribution in [0.15, 0.2) is 0 Å². The van der Waals surface area contributed by atoms with Crippen LogP contribution in [-0.2, 0) is 0 Å². The molecule has 2 heterocycles. The summed E-state index contributed by atoms with van der Waals surface area (Å²) in [6.45, 7) is 21.7. The molecule has 1 atom stereocenters. The Labute approximate surface area is 126 Å². The van der Waals surface area contributed by atoms with Gasteiger partial charge in [0.15, 0.2) is 0 Å². The second kappa shape index (κ2) is 7.74. The van der Waals surface area contributed by atoms with E-state index in [0.717, 1.165) is 32.7 Å². The van der Waals surface area contributed by atoms with Gasteiger partial charge in [-0.05, 0) is 26.2 Å². The van der Waals surface area contributed by atoms with E-state index in [9.17, 15) is 0 Å². The zero-order valence-electron chi connectivity index (χ0n) is 14.5. The molecule has 2 aliphatic heterocycles. The number of hydrogen-bond donors (Lipinski definition) is 3. The fraction of sp³-hybridized carbons (Fsp3) is 1.00. The van der Waals surface area contributed by atoms with Crippen molar-refractivity contribution >= 4 is 0 Å². The molecule has 0 aromatic carbocycles. The van der Waals surface area contributed by atoms with Crippen molar-refractivity contribution in [3.05, 3.63) is 0 Å². The van der Waals surface area contributed by atoms with Gasteiger partial charge in [-0.2, -0.15) is 0 Å². The summed E-state index contributed by atoms with van der Waals surface area (Å²) < 4.78 is 0. The van der Waals surface area contributed by atoms with Crippen molar-refractivity contribution in [1.82, 2.24) is 20.9 Å². The Bertz CT molecular complexity index is 225. The Hall–Kier alpha value is -0.160. The summed E-state index contributed by atoms with van der Waals surface area (Å²) in [6.07, 6.45) is 0. The Morgan fingerprint density at radius 2 is 1.40 bits per heavy atom. The minimum atomic E-state index is 0.363. The highest BCUT2D eigenvalue weighted by Crippen LogP contribution is 2.19. The van der Waals surface area contributed by atoms with Crippen LogP contribution in [-0.4, -0.2) is 62.3 Å². The van der Waals surface area contributed by atoms with Gasteiger partial charge in [0.2, 0.25) is 0 Å². The molecule has 0 spiro atoms. The molecule has 0 radical (unpaired) electrons. The third-order valence-electron chi connectivity index (χ3n) is 4.15. The van der Waals surface area contributed by atoms with Crippen molar-refractivity contribution in [3.63, 3.8) is 0 Å². The van der Waals surface area contributed by atoms with Crippen LogP contribution in [0.2, 0.25) is 0 Å². The fourth-order valence-electron chi connectivity index (χ4n) is 2.60. The summed E-state index contributed by atoms with van der Waals surface area (Å²) in [5, 5.41) is 10.2. The van der Waals surface area contributed by atoms with E-state index in [2.05, 4.69) is 62.4 Å². The molecule has 3 N–H and O–H groups in total. The molecule has 1 unspecified atom stereocenters. The van der Waals surface area contributed by atoms with E-state index in [1.54, 1.807) is 0 Å². The Morgan fingerprint density at radius 1 is 0.800 bits per heavy atom. The van der Waals surface area contributed by atoms with Crippen molar-refractivity contribution in [2.24, 2.45) is 5.41 Å². The molecular weight excluding hydrogens is 248 g/mol. The molecule has 2 aliphatic rings. The minimum absolute atomic E-state index is 0.363. The number of hydrogen-bond acceptors (Lipinski definition) is 4. The lowest BCUT2D eigenvalue weighted by Crippen LogP contribution is -2.54. The Morgan fingerprint density at radius 3 is 1.70 bits per heavy atom. The average Bonchev–Trinajstić information content (AvgIpc) is 2.40. The molecule has 0 aromatic heterocycles. The maximum atomic E-state index is 3.50. The van der Waals surface area contributed by atoms with E-state index >= 15 is 0 Å². The van der Waals surface area contributed by atoms with Gasteiger partial charge in [0.1, 0.15) is 0 Å². The van der Waals surface area contributed by atoms with E-state index in [4.69, 9.17) is 0 Å². The maximum Gasteiger partial charge on any atom is 0.0241 e. The van der Waals surface area contributed by atoms with Gasteiger partial charge in [-0.25, -0.2) is 0 Å². The van der Waals surface area contributed by atoms with Gasteiger partial charge < -0.3 is 16.0 Å². The van der Waals surface area contributed by atoms with E-state index in [1.807, 2.05) is 0 Å². The first-order valence-electron chi connectivity index (χ1n) is 8.11. The first-order chi connectivity index (χ1) is 9.21. The zero-order chi connectivity index (χ0) is 15.2. The second-order valence-corrected chi connectivity index (χ2v) is 7.98. The van der Waals surface area contributed by atoms with Crippen LogP contribution in [0, 0.1) is 5.41 Å². The lowest BCUT2D eigenvalue weighted by Gasteiger charge is -2.38. The summed E-state index contributed by atoms with van der Waals surface area (Å²) >= 11 is 0. The molecule has 0 saturated carbocycles. The topological polar surface area (TPSA) is 39.3 Å². The normalized spacial score (nSPS) is 25.8. The molecule has 2 fully saturated rings. The summed E-state index contributed by atoms with van der Waals surface area (Å²) in [5.74, 6) is 0. The number of nitrogens with one attached hydrogen (secondary N) is 3. The summed E-state index contributed by atoms with van der Waals surface area (Å²) in [7, 11) is 0. The van der Waals surface area contributed by atoms with Crippen LogP contribution in [0.4, 0.5) is 0 Å². The fourth-order valence-corrected chi connectivity index (χ4v) is 2.60. The molecule has 4 heteroatoms. The molecule has 2 rings (SSSR count). The average molecular weight is 284 g/mol. The van der Waals surface area contributed by atoms with E-state index < -0.39 is 0 Å². The van der Waals surface area contributed by atoms with Crippen molar-refractivity contribution < 1.29 is 0 Å². The predicted molar refractivity (Wildman–Crippen MR) is 88.3 cm³/mol. The van der Waals surface area contributed by atoms with Gasteiger partial charge in [0.05, 0.1) is 0 Å². The Kier molecular flexibility index (Phi) is 6.92. The van der Waals surface area contributed by atoms with Crippen LogP contribution >= 0.6 is 0 Å². The first kappa shape index (κ1) is 17.9. The van der Waals surface area contributed by atoms with Crippen molar-refractivity contribution in [2.45, 2.75) is 53.1 Å². The van der Waals surface area contributed by atoms with Gasteiger partial charge in [-0.1, -0.05) is 20.8 Å². The van der Waals surface area contributed by atoms with Gasteiger partial charge in [0, 0.05) is 57.4 Å². The predicted octanol–water partition coefficient (Wildman–Crippen LogP) is 1.28. The SMILES string of the molecule is CC(C)(C)C1CNCCN1.CC(C)(C)N1CCNCC1. The third kappa shape index (κ3) is 6.53.